The average molecular weight is 421 g/mol. The number of benzene rings is 2. The molecule has 148 valence electrons. The van der Waals surface area contributed by atoms with Crippen LogP contribution in [0.25, 0.3) is 10.2 Å². The lowest BCUT2D eigenvalue weighted by Gasteiger charge is -2.09. The summed E-state index contributed by atoms with van der Waals surface area (Å²) in [5, 5.41) is 0.611. The number of carbonyl (C=O) groups is 1. The van der Waals surface area contributed by atoms with E-state index in [1.165, 1.54) is 11.3 Å². The molecule has 28 heavy (non-hydrogen) atoms. The smallest absolute Gasteiger partial charge is 0.286 e. The third-order valence-electron chi connectivity index (χ3n) is 4.03. The molecule has 0 bridgehead atoms. The molecule has 0 saturated carbocycles. The molecule has 0 N–H and O–H groups in total. The number of fused-ring (bicyclic) bond motifs is 1. The summed E-state index contributed by atoms with van der Waals surface area (Å²) >= 11 is 7.28. The number of amides is 1. The van der Waals surface area contributed by atoms with Crippen molar-refractivity contribution in [3.05, 3.63) is 46.2 Å². The maximum atomic E-state index is 12.4. The monoisotopic (exact) mass is 420 g/mol. The molecular weight excluding hydrogens is 400 g/mol. The highest BCUT2D eigenvalue weighted by Crippen LogP contribution is 2.33. The van der Waals surface area contributed by atoms with Gasteiger partial charge in [-0.15, -0.1) is 0 Å². The van der Waals surface area contributed by atoms with Gasteiger partial charge in [-0.3, -0.25) is 4.79 Å². The van der Waals surface area contributed by atoms with Crippen LogP contribution in [0.15, 0.2) is 41.4 Å². The first-order chi connectivity index (χ1) is 13.5. The molecule has 0 unspecified atom stereocenters. The van der Waals surface area contributed by atoms with Gasteiger partial charge in [0.25, 0.3) is 5.91 Å². The molecule has 1 amide bonds. The van der Waals surface area contributed by atoms with Gasteiger partial charge in [0.15, 0.2) is 22.9 Å². The van der Waals surface area contributed by atoms with Crippen molar-refractivity contribution >= 4 is 39.1 Å². The van der Waals surface area contributed by atoms with Crippen LogP contribution in [0.1, 0.15) is 13.3 Å². The van der Waals surface area contributed by atoms with Crippen LogP contribution >= 0.6 is 22.9 Å². The number of aryl methyl sites for hydroxylation is 1. The van der Waals surface area contributed by atoms with Gasteiger partial charge in [0, 0.05) is 23.7 Å². The van der Waals surface area contributed by atoms with Crippen LogP contribution in [0, 0.1) is 0 Å². The van der Waals surface area contributed by atoms with Gasteiger partial charge in [0.1, 0.15) is 5.75 Å². The predicted molar refractivity (Wildman–Crippen MR) is 111 cm³/mol. The molecule has 3 aromatic rings. The SMILES string of the molecule is CCCn1c(=NC(=O)COc2ccc(Cl)cc2)sc2cc(OC)c(OC)cc21. The third-order valence-corrected chi connectivity index (χ3v) is 5.32. The van der Waals surface area contributed by atoms with Crippen molar-refractivity contribution in [2.75, 3.05) is 20.8 Å². The fourth-order valence-corrected chi connectivity index (χ4v) is 3.95. The van der Waals surface area contributed by atoms with Crippen LogP contribution in [0.3, 0.4) is 0 Å². The molecule has 8 heteroatoms. The quantitative estimate of drug-likeness (QED) is 0.572. The lowest BCUT2D eigenvalue weighted by Crippen LogP contribution is -2.19. The summed E-state index contributed by atoms with van der Waals surface area (Å²) < 4.78 is 19.3. The summed E-state index contributed by atoms with van der Waals surface area (Å²) in [6.07, 6.45) is 0.906. The van der Waals surface area contributed by atoms with E-state index in [-0.39, 0.29) is 12.5 Å². The minimum absolute atomic E-state index is 0.144. The summed E-state index contributed by atoms with van der Waals surface area (Å²) in [7, 11) is 3.20. The molecular formula is C20H21ClN2O4S. The molecule has 0 aliphatic heterocycles. The molecule has 0 spiro atoms. The number of hydrogen-bond donors (Lipinski definition) is 0. The first-order valence-corrected chi connectivity index (χ1v) is 9.96. The highest BCUT2D eigenvalue weighted by Gasteiger charge is 2.13. The van der Waals surface area contributed by atoms with E-state index in [4.69, 9.17) is 25.8 Å². The van der Waals surface area contributed by atoms with E-state index in [1.54, 1.807) is 38.5 Å². The molecule has 0 saturated heterocycles. The van der Waals surface area contributed by atoms with Crippen molar-refractivity contribution in [2.45, 2.75) is 19.9 Å². The molecule has 0 fully saturated rings. The Labute approximate surface area is 171 Å². The van der Waals surface area contributed by atoms with E-state index in [0.717, 1.165) is 23.2 Å². The first kappa shape index (κ1) is 20.2. The Hall–Kier alpha value is -2.51. The first-order valence-electron chi connectivity index (χ1n) is 8.77. The molecule has 0 aliphatic carbocycles. The summed E-state index contributed by atoms with van der Waals surface area (Å²) in [4.78, 5) is 17.2. The van der Waals surface area contributed by atoms with Gasteiger partial charge in [-0.2, -0.15) is 4.99 Å². The van der Waals surface area contributed by atoms with E-state index >= 15 is 0 Å². The van der Waals surface area contributed by atoms with E-state index in [0.29, 0.717) is 27.1 Å². The molecule has 0 aliphatic rings. The fraction of sp³-hybridized carbons (Fsp3) is 0.300. The highest BCUT2D eigenvalue weighted by atomic mass is 35.5. The number of halogens is 1. The van der Waals surface area contributed by atoms with Gasteiger partial charge in [0.2, 0.25) is 0 Å². The van der Waals surface area contributed by atoms with Crippen LogP contribution in [0.4, 0.5) is 0 Å². The average Bonchev–Trinajstić information content (AvgIpc) is 3.02. The number of rotatable bonds is 7. The Morgan fingerprint density at radius 1 is 1.14 bits per heavy atom. The van der Waals surface area contributed by atoms with Gasteiger partial charge in [-0.05, 0) is 30.7 Å². The van der Waals surface area contributed by atoms with Gasteiger partial charge in [0.05, 0.1) is 24.4 Å². The largest absolute Gasteiger partial charge is 0.493 e. The van der Waals surface area contributed by atoms with Crippen LogP contribution in [0.2, 0.25) is 5.02 Å². The summed E-state index contributed by atoms with van der Waals surface area (Å²) in [6, 6.07) is 10.7. The number of aromatic nitrogens is 1. The van der Waals surface area contributed by atoms with Gasteiger partial charge < -0.3 is 18.8 Å². The van der Waals surface area contributed by atoms with E-state index in [2.05, 4.69) is 11.9 Å². The van der Waals surface area contributed by atoms with Gasteiger partial charge >= 0.3 is 0 Å². The molecule has 1 heterocycles. The number of ether oxygens (including phenoxy) is 3. The second-order valence-electron chi connectivity index (χ2n) is 5.96. The lowest BCUT2D eigenvalue weighted by atomic mass is 10.3. The second-order valence-corrected chi connectivity index (χ2v) is 7.40. The zero-order valence-electron chi connectivity index (χ0n) is 15.9. The van der Waals surface area contributed by atoms with E-state index in [9.17, 15) is 4.79 Å². The summed E-state index contributed by atoms with van der Waals surface area (Å²) in [6.45, 7) is 2.67. The summed E-state index contributed by atoms with van der Waals surface area (Å²) in [5.41, 5.74) is 0.953. The normalized spacial score (nSPS) is 11.6. The third kappa shape index (κ3) is 4.48. The molecule has 0 atom stereocenters. The van der Waals surface area contributed by atoms with Crippen LogP contribution in [0.5, 0.6) is 17.2 Å². The number of carbonyl (C=O) groups excluding carboxylic acids is 1. The Kier molecular flexibility index (Phi) is 6.59. The van der Waals surface area contributed by atoms with E-state index in [1.807, 2.05) is 16.7 Å². The molecule has 1 aromatic heterocycles. The second kappa shape index (κ2) is 9.12. The molecule has 3 rings (SSSR count). The summed E-state index contributed by atoms with van der Waals surface area (Å²) in [5.74, 6) is 1.50. The van der Waals surface area contributed by atoms with Crippen molar-refractivity contribution in [1.82, 2.24) is 4.57 Å². The Morgan fingerprint density at radius 2 is 1.82 bits per heavy atom. The fourth-order valence-electron chi connectivity index (χ4n) is 2.74. The van der Waals surface area contributed by atoms with Crippen molar-refractivity contribution in [3.63, 3.8) is 0 Å². The maximum Gasteiger partial charge on any atom is 0.286 e. The topological polar surface area (TPSA) is 62.1 Å². The Balaban J connectivity index is 1.92. The molecule has 2 aromatic carbocycles. The van der Waals surface area contributed by atoms with Crippen molar-refractivity contribution in [3.8, 4) is 17.2 Å². The molecule has 0 radical (unpaired) electrons. The zero-order valence-corrected chi connectivity index (χ0v) is 17.5. The zero-order chi connectivity index (χ0) is 20.1. The highest BCUT2D eigenvalue weighted by molar-refractivity contribution is 7.16. The van der Waals surface area contributed by atoms with Crippen LogP contribution in [-0.2, 0) is 11.3 Å². The van der Waals surface area contributed by atoms with Crippen LogP contribution < -0.4 is 19.0 Å². The Morgan fingerprint density at radius 3 is 2.46 bits per heavy atom. The minimum atomic E-state index is -0.356. The maximum absolute atomic E-state index is 12.4. The number of methoxy groups -OCH3 is 2. The number of nitrogens with zero attached hydrogens (tertiary/aromatic N) is 2. The number of thiazole rings is 1. The van der Waals surface area contributed by atoms with Gasteiger partial charge in [-0.25, -0.2) is 0 Å². The minimum Gasteiger partial charge on any atom is -0.493 e. The predicted octanol–water partition coefficient (Wildman–Crippen LogP) is 4.29. The standard InChI is InChI=1S/C20H21ClN2O4S/c1-4-9-23-15-10-16(25-2)17(26-3)11-18(15)28-20(23)22-19(24)12-27-14-7-5-13(21)6-8-14/h5-8,10-11H,4,9,12H2,1-3H3. The Bertz CT molecular complexity index is 1040. The molecule has 6 nitrogen and oxygen atoms in total. The number of hydrogen-bond acceptors (Lipinski definition) is 5. The van der Waals surface area contributed by atoms with Crippen molar-refractivity contribution in [1.29, 1.82) is 0 Å². The lowest BCUT2D eigenvalue weighted by molar-refractivity contribution is -0.120. The van der Waals surface area contributed by atoms with Crippen molar-refractivity contribution < 1.29 is 19.0 Å². The van der Waals surface area contributed by atoms with E-state index < -0.39 is 0 Å². The van der Waals surface area contributed by atoms with Crippen molar-refractivity contribution in [2.24, 2.45) is 4.99 Å². The van der Waals surface area contributed by atoms with Crippen LogP contribution in [-0.4, -0.2) is 31.3 Å². The van der Waals surface area contributed by atoms with Gasteiger partial charge in [-0.1, -0.05) is 29.9 Å².